The summed E-state index contributed by atoms with van der Waals surface area (Å²) in [5.74, 6) is 0. The second kappa shape index (κ2) is 54.1. The summed E-state index contributed by atoms with van der Waals surface area (Å²) < 4.78 is 42.4. The van der Waals surface area contributed by atoms with E-state index in [4.69, 9.17) is 46.9 Å². The quantitative estimate of drug-likeness (QED) is 0.0210. The van der Waals surface area contributed by atoms with Crippen LogP contribution in [0.15, 0.2) is 24.8 Å². The Morgan fingerprint density at radius 2 is 0.806 bits per heavy atom. The normalized spacial score (nSPS) is 12.9. The molecule has 0 radical (unpaired) electrons. The molecular formula is C50H100N7O6P3Sr. The van der Waals surface area contributed by atoms with Crippen LogP contribution in [-0.2, 0) is 27.1 Å². The molecule has 17 heteroatoms. The van der Waals surface area contributed by atoms with Gasteiger partial charge in [-0.25, -0.2) is 33.7 Å². The van der Waals surface area contributed by atoms with Crippen molar-refractivity contribution in [2.45, 2.75) is 203 Å². The van der Waals surface area contributed by atoms with Crippen LogP contribution in [0.1, 0.15) is 168 Å². The Balaban J connectivity index is -0.000000289. The van der Waals surface area contributed by atoms with Crippen molar-refractivity contribution in [3.8, 4) is 0 Å². The van der Waals surface area contributed by atoms with Gasteiger partial charge in [-0.2, -0.15) is 6.42 Å². The van der Waals surface area contributed by atoms with E-state index < -0.39 is 25.6 Å². The molecule has 0 saturated heterocycles. The van der Waals surface area contributed by atoms with Gasteiger partial charge in [-0.3, -0.25) is 0 Å². The molecule has 0 amide bonds. The fraction of sp³-hybridized carbons (Fsp3) is 0.840. The zero-order valence-corrected chi connectivity index (χ0v) is 51.2. The number of nitrogens with one attached hydrogen (secondary N) is 1. The molecule has 0 aromatic heterocycles. The Kier molecular flexibility index (Phi) is 59.6. The minimum absolute atomic E-state index is 0. The van der Waals surface area contributed by atoms with Crippen molar-refractivity contribution in [2.75, 3.05) is 72.9 Å². The predicted octanol–water partition coefficient (Wildman–Crippen LogP) is 14.5. The zero-order chi connectivity index (χ0) is 50.4. The molecule has 0 saturated carbocycles. The molecule has 0 aromatic carbocycles. The summed E-state index contributed by atoms with van der Waals surface area (Å²) in [4.78, 5) is 10.0. The van der Waals surface area contributed by atoms with E-state index in [0.29, 0.717) is 75.7 Å². The maximum Gasteiger partial charge on any atom is 2.00 e. The van der Waals surface area contributed by atoms with Crippen molar-refractivity contribution in [3.05, 3.63) is 66.0 Å². The number of unbranched alkanes of at least 4 members (excludes halogenated alkanes) is 10. The van der Waals surface area contributed by atoms with E-state index in [9.17, 15) is 0 Å². The van der Waals surface area contributed by atoms with Crippen molar-refractivity contribution < 1.29 is 28.6 Å². The monoisotopic (exact) mass is 1080 g/mol. The molecule has 67 heavy (non-hydrogen) atoms. The topological polar surface area (TPSA) is 90.2 Å². The number of hydrogen-bond acceptors (Lipinski definition) is 10. The first-order valence-electron chi connectivity index (χ1n) is 24.9. The summed E-state index contributed by atoms with van der Waals surface area (Å²) in [5, 5.41) is 3.17. The third kappa shape index (κ3) is 44.7. The fourth-order valence-electron chi connectivity index (χ4n) is 6.48. The van der Waals surface area contributed by atoms with Gasteiger partial charge in [-0.15, -0.1) is 0 Å². The molecular weight excluding hydrogens is 975 g/mol. The Morgan fingerprint density at radius 1 is 0.507 bits per heavy atom. The molecule has 3 unspecified atom stereocenters. The SMILES string of the molecule is [3H-].[C-]#[N+]CCOP(OCCCCCC/C=C/C=C)N(C(C)C)C(C)C.[C-]#[N+]CCOP(OCCCCCCNC)N(C(C)C)C(C)C.[C-]#[N+]CCOP(OCCCCC[CH2-])N(C(C)C)C(C)C.[Sr+2]. The van der Waals surface area contributed by atoms with E-state index >= 15 is 0 Å². The van der Waals surface area contributed by atoms with Crippen molar-refractivity contribution in [2.24, 2.45) is 0 Å². The molecule has 0 rings (SSSR count). The molecule has 0 fully saturated rings. The average molecular weight is 1080 g/mol. The fourth-order valence-corrected chi connectivity index (χ4v) is 11.3. The summed E-state index contributed by atoms with van der Waals surface area (Å²) in [6.07, 6.45) is 20.8. The van der Waals surface area contributed by atoms with Gasteiger partial charge >= 0.3 is 45.5 Å². The number of allylic oxidation sites excluding steroid dienone is 3. The van der Waals surface area contributed by atoms with Gasteiger partial charge in [0, 0.05) is 36.3 Å². The second-order valence-corrected chi connectivity index (χ2v) is 21.7. The molecule has 0 spiro atoms. The van der Waals surface area contributed by atoms with Crippen molar-refractivity contribution in [3.63, 3.8) is 0 Å². The molecule has 0 bridgehead atoms. The summed E-state index contributed by atoms with van der Waals surface area (Å²) in [5.41, 5.74) is 0. The first-order chi connectivity index (χ1) is 31.6. The first-order valence-corrected chi connectivity index (χ1v) is 28.3. The van der Waals surface area contributed by atoms with Crippen LogP contribution in [0, 0.1) is 26.6 Å². The largest absolute Gasteiger partial charge is 2.00 e. The van der Waals surface area contributed by atoms with E-state index in [1.807, 2.05) is 19.2 Å². The van der Waals surface area contributed by atoms with Gasteiger partial charge in [0.2, 0.25) is 19.6 Å². The smallest absolute Gasteiger partial charge is 1.00 e. The molecule has 388 valence electrons. The van der Waals surface area contributed by atoms with Crippen molar-refractivity contribution in [1.82, 2.24) is 19.3 Å². The summed E-state index contributed by atoms with van der Waals surface area (Å²) >= 11 is 0. The average Bonchev–Trinajstić information content (AvgIpc) is 3.25. The Hall–Kier alpha value is 0.321. The van der Waals surface area contributed by atoms with Crippen molar-refractivity contribution in [1.29, 1.82) is 0 Å². The number of hydrogen-bond donors (Lipinski definition) is 1. The number of nitrogens with zero attached hydrogens (tertiary/aromatic N) is 6. The number of rotatable bonds is 41. The maximum absolute atomic E-state index is 6.89. The maximum atomic E-state index is 6.89. The molecule has 13 nitrogen and oxygen atoms in total. The Morgan fingerprint density at radius 3 is 1.09 bits per heavy atom. The van der Waals surface area contributed by atoms with Crippen LogP contribution in [0.25, 0.3) is 14.5 Å². The van der Waals surface area contributed by atoms with Crippen LogP contribution in [0.2, 0.25) is 0 Å². The predicted molar refractivity (Wildman–Crippen MR) is 293 cm³/mol. The van der Waals surface area contributed by atoms with Gasteiger partial charge in [-0.1, -0.05) is 63.3 Å². The standard InChI is InChI=1S/C19H35N2O2P.C16H34N3O2P.C15H30N2O2P.Sr.H/c1-7-8-9-10-11-12-13-14-16-22-24(23-17-15-20-6)21(18(2)3)19(4)5;1-15(2)19(16(3)4)22(21-14-12-18-6)20-13-10-8-7-9-11-17-5;1-7-8-9-10-12-18-20(19-13-11-16-6)17(14(2)3)15(4)5;;/h7-9,18-19H,1,10-17H2,2-5H3;15-17H,7-14H2,1-5H3;14-15H,1,7-13H2,2-5H3;;/q;;-1;+2;-1/b9-8+;;;;/i;;;;1+2. The zero-order valence-electron chi connectivity index (χ0n) is 46.1. The molecule has 1 N–H and O–H groups in total. The molecule has 0 aliphatic carbocycles. The minimum Gasteiger partial charge on any atom is -1.00 e. The van der Waals surface area contributed by atoms with Gasteiger partial charge in [0.25, 0.3) is 25.6 Å². The van der Waals surface area contributed by atoms with Gasteiger partial charge < -0.3 is 55.3 Å². The van der Waals surface area contributed by atoms with E-state index in [1.165, 1.54) is 38.5 Å². The summed E-state index contributed by atoms with van der Waals surface area (Å²) in [7, 11) is -1.22. The van der Waals surface area contributed by atoms with Gasteiger partial charge in [0.05, 0.1) is 19.8 Å². The summed E-state index contributed by atoms with van der Waals surface area (Å²) in [6, 6.07) is 2.20. The van der Waals surface area contributed by atoms with Gasteiger partial charge in [-0.05, 0) is 135 Å². The van der Waals surface area contributed by atoms with E-state index in [1.54, 1.807) is 0 Å². The van der Waals surface area contributed by atoms with Crippen LogP contribution in [-0.4, -0.2) is 169 Å². The van der Waals surface area contributed by atoms with Crippen LogP contribution in [0.5, 0.6) is 0 Å². The Labute approximate surface area is 457 Å². The van der Waals surface area contributed by atoms with E-state index in [-0.39, 0.29) is 46.9 Å². The van der Waals surface area contributed by atoms with Crippen LogP contribution >= 0.6 is 25.6 Å². The Bertz CT molecular complexity index is 1220. The van der Waals surface area contributed by atoms with Crippen LogP contribution in [0.4, 0.5) is 0 Å². The molecule has 0 heterocycles. The minimum atomic E-state index is -1.08. The molecule has 0 aliphatic rings. The molecule has 0 aliphatic heterocycles. The second-order valence-electron chi connectivity index (χ2n) is 17.4. The first kappa shape index (κ1) is 73.9. The third-order valence-electron chi connectivity index (χ3n) is 9.31. The summed E-state index contributed by atoms with van der Waals surface area (Å²) in [6.45, 7) is 59.8. The third-order valence-corrected chi connectivity index (χ3v) is 15.6. The van der Waals surface area contributed by atoms with Crippen molar-refractivity contribution >= 4 is 71.1 Å². The van der Waals surface area contributed by atoms with Gasteiger partial charge in [0.15, 0.2) is 0 Å². The van der Waals surface area contributed by atoms with Crippen LogP contribution < -0.4 is 5.32 Å². The van der Waals surface area contributed by atoms with E-state index in [2.05, 4.69) is 137 Å². The molecule has 3 atom stereocenters. The van der Waals surface area contributed by atoms with Gasteiger partial charge in [0.1, 0.15) is 19.8 Å². The molecule has 0 aromatic rings. The van der Waals surface area contributed by atoms with Crippen LogP contribution in [0.3, 0.4) is 0 Å². The van der Waals surface area contributed by atoms with E-state index in [0.717, 1.165) is 71.3 Å².